The summed E-state index contributed by atoms with van der Waals surface area (Å²) in [5.74, 6) is 0.509. The number of carbonyl (C=O) groups excluding carboxylic acids is 1. The van der Waals surface area contributed by atoms with Gasteiger partial charge in [0.1, 0.15) is 5.82 Å². The first-order valence-electron chi connectivity index (χ1n) is 11.3. The van der Waals surface area contributed by atoms with Crippen LogP contribution in [-0.4, -0.2) is 74.7 Å². The minimum atomic E-state index is -1.04. The summed E-state index contributed by atoms with van der Waals surface area (Å²) in [4.78, 5) is 27.4. The molecule has 1 amide bonds. The lowest BCUT2D eigenvalue weighted by Crippen LogP contribution is -2.55. The number of piperidine rings is 1. The van der Waals surface area contributed by atoms with Gasteiger partial charge in [-0.05, 0) is 60.8 Å². The summed E-state index contributed by atoms with van der Waals surface area (Å²) in [6, 6.07) is 4.88. The van der Waals surface area contributed by atoms with Crippen molar-refractivity contribution >= 4 is 11.9 Å². The van der Waals surface area contributed by atoms with E-state index in [0.29, 0.717) is 43.7 Å². The average molecular weight is 444 g/mol. The third kappa shape index (κ3) is 5.89. The Bertz CT molecular complexity index is 882. The van der Waals surface area contributed by atoms with Crippen molar-refractivity contribution in [2.24, 2.45) is 0 Å². The van der Waals surface area contributed by atoms with Gasteiger partial charge in [0.05, 0.1) is 6.04 Å². The van der Waals surface area contributed by atoms with Gasteiger partial charge in [-0.1, -0.05) is 31.5 Å². The number of hydrogen-bond acceptors (Lipinski definition) is 7. The number of Topliss-reactive ketones (excluding diaryl/α,β-unsaturated/α-hetero) is 1. The summed E-state index contributed by atoms with van der Waals surface area (Å²) in [5.41, 5.74) is 2.52. The molecular weight excluding hydrogens is 410 g/mol. The van der Waals surface area contributed by atoms with E-state index in [0.717, 1.165) is 36.9 Å². The van der Waals surface area contributed by atoms with Gasteiger partial charge in [0.25, 0.3) is 0 Å². The Labute approximate surface area is 188 Å². The van der Waals surface area contributed by atoms with E-state index in [1.54, 1.807) is 0 Å². The number of rotatable bonds is 11. The summed E-state index contributed by atoms with van der Waals surface area (Å²) in [6.45, 7) is 4.11. The molecule has 32 heavy (non-hydrogen) atoms. The topological polar surface area (TPSA) is 136 Å². The van der Waals surface area contributed by atoms with Crippen molar-refractivity contribution in [1.82, 2.24) is 36.2 Å². The molecule has 3 rings (SSSR count). The maximum absolute atomic E-state index is 13.8. The number of nitrogens with one attached hydrogen (secondary N) is 3. The van der Waals surface area contributed by atoms with Crippen molar-refractivity contribution in [3.05, 3.63) is 40.7 Å². The van der Waals surface area contributed by atoms with Crippen molar-refractivity contribution in [2.75, 3.05) is 20.1 Å². The number of hydrogen-bond donors (Lipinski definition) is 4. The van der Waals surface area contributed by atoms with E-state index in [4.69, 9.17) is 0 Å². The number of amides is 1. The number of nitrogens with zero attached hydrogens (tertiary/aromatic N) is 4. The SMILES string of the molecule is CCCC(C(=O)c1ccc(CNC)cc1CCc1nnn[nH]1)N(C(=O)O)C1CCCNC1. The number of tetrazole rings is 1. The number of H-pyrrole nitrogens is 1. The van der Waals surface area contributed by atoms with E-state index >= 15 is 0 Å². The number of aromatic amines is 1. The molecule has 174 valence electrons. The van der Waals surface area contributed by atoms with Crippen LogP contribution in [0.1, 0.15) is 59.9 Å². The smallest absolute Gasteiger partial charge is 0.408 e. The monoisotopic (exact) mass is 443 g/mol. The maximum Gasteiger partial charge on any atom is 0.408 e. The molecule has 2 heterocycles. The first-order chi connectivity index (χ1) is 15.5. The summed E-state index contributed by atoms with van der Waals surface area (Å²) in [5, 5.41) is 30.4. The molecule has 0 spiro atoms. The largest absolute Gasteiger partial charge is 0.465 e. The minimum absolute atomic E-state index is 0.137. The maximum atomic E-state index is 13.8. The second-order valence-electron chi connectivity index (χ2n) is 8.23. The molecule has 0 bridgehead atoms. The first-order valence-corrected chi connectivity index (χ1v) is 11.3. The number of benzene rings is 1. The molecule has 4 N–H and O–H groups in total. The molecule has 2 atom stereocenters. The third-order valence-corrected chi connectivity index (χ3v) is 5.92. The lowest BCUT2D eigenvalue weighted by molar-refractivity contribution is 0.0630. The number of carbonyl (C=O) groups is 2. The Morgan fingerprint density at radius 1 is 1.34 bits per heavy atom. The van der Waals surface area contributed by atoms with Crippen molar-refractivity contribution in [1.29, 1.82) is 0 Å². The van der Waals surface area contributed by atoms with E-state index in [1.807, 2.05) is 32.2 Å². The van der Waals surface area contributed by atoms with E-state index in [9.17, 15) is 14.7 Å². The zero-order chi connectivity index (χ0) is 22.9. The van der Waals surface area contributed by atoms with Crippen LogP contribution in [0.25, 0.3) is 0 Å². The zero-order valence-electron chi connectivity index (χ0n) is 18.8. The summed E-state index contributed by atoms with van der Waals surface area (Å²) in [7, 11) is 1.87. The van der Waals surface area contributed by atoms with Crippen LogP contribution < -0.4 is 10.6 Å². The van der Waals surface area contributed by atoms with Crippen molar-refractivity contribution < 1.29 is 14.7 Å². The summed E-state index contributed by atoms with van der Waals surface area (Å²) in [6.07, 6.45) is 2.97. The van der Waals surface area contributed by atoms with Crippen LogP contribution in [0, 0.1) is 0 Å². The number of ketones is 1. The highest BCUT2D eigenvalue weighted by molar-refractivity contribution is 6.02. The highest BCUT2D eigenvalue weighted by atomic mass is 16.4. The van der Waals surface area contributed by atoms with E-state index in [2.05, 4.69) is 31.3 Å². The van der Waals surface area contributed by atoms with E-state index < -0.39 is 12.1 Å². The van der Waals surface area contributed by atoms with Gasteiger partial charge in [-0.25, -0.2) is 9.89 Å². The van der Waals surface area contributed by atoms with E-state index in [1.165, 1.54) is 4.90 Å². The standard InChI is InChI=1S/C22H33N7O3/c1-3-5-19(29(22(31)32)17-6-4-11-24-14-17)21(30)18-9-7-15(13-23-2)12-16(18)8-10-20-25-27-28-26-20/h7,9,12,17,19,23-24H,3-6,8,10-11,13-14H2,1-2H3,(H,31,32)(H,25,26,27,28). The Kier molecular flexibility index (Phi) is 8.69. The van der Waals surface area contributed by atoms with Crippen molar-refractivity contribution in [2.45, 2.75) is 64.1 Å². The van der Waals surface area contributed by atoms with Gasteiger partial charge in [-0.15, -0.1) is 5.10 Å². The first kappa shape index (κ1) is 23.8. The summed E-state index contributed by atoms with van der Waals surface area (Å²) >= 11 is 0. The zero-order valence-corrected chi connectivity index (χ0v) is 18.8. The average Bonchev–Trinajstić information content (AvgIpc) is 3.31. The molecule has 10 nitrogen and oxygen atoms in total. The lowest BCUT2D eigenvalue weighted by atomic mass is 9.90. The fourth-order valence-electron chi connectivity index (χ4n) is 4.41. The minimum Gasteiger partial charge on any atom is -0.465 e. The van der Waals surface area contributed by atoms with Gasteiger partial charge >= 0.3 is 6.09 Å². The Morgan fingerprint density at radius 3 is 2.81 bits per heavy atom. The molecule has 1 aliphatic heterocycles. The van der Waals surface area contributed by atoms with Gasteiger partial charge in [0, 0.05) is 31.1 Å². The molecule has 0 aliphatic carbocycles. The predicted octanol–water partition coefficient (Wildman–Crippen LogP) is 1.79. The van der Waals surface area contributed by atoms with Crippen LogP contribution in [0.2, 0.25) is 0 Å². The number of aryl methyl sites for hydroxylation is 2. The summed E-state index contributed by atoms with van der Waals surface area (Å²) < 4.78 is 0. The molecule has 0 radical (unpaired) electrons. The van der Waals surface area contributed by atoms with Crippen molar-refractivity contribution in [3.63, 3.8) is 0 Å². The van der Waals surface area contributed by atoms with Crippen molar-refractivity contribution in [3.8, 4) is 0 Å². The molecule has 1 aromatic carbocycles. The van der Waals surface area contributed by atoms with Gasteiger partial charge in [0.15, 0.2) is 5.78 Å². The quantitative estimate of drug-likeness (QED) is 0.386. The Balaban J connectivity index is 1.92. The Hall–Kier alpha value is -2.85. The fraction of sp³-hybridized carbons (Fsp3) is 0.591. The van der Waals surface area contributed by atoms with Crippen LogP contribution in [0.3, 0.4) is 0 Å². The van der Waals surface area contributed by atoms with Crippen LogP contribution in [-0.2, 0) is 19.4 Å². The molecule has 0 saturated carbocycles. The molecule has 1 fully saturated rings. The second-order valence-corrected chi connectivity index (χ2v) is 8.23. The molecule has 10 heteroatoms. The fourth-order valence-corrected chi connectivity index (χ4v) is 4.41. The van der Waals surface area contributed by atoms with Gasteiger partial charge in [-0.2, -0.15) is 0 Å². The molecule has 1 aliphatic rings. The third-order valence-electron chi connectivity index (χ3n) is 5.92. The Morgan fingerprint density at radius 2 is 2.19 bits per heavy atom. The van der Waals surface area contributed by atoms with Crippen LogP contribution >= 0.6 is 0 Å². The van der Waals surface area contributed by atoms with Crippen LogP contribution in [0.4, 0.5) is 4.79 Å². The molecular formula is C22H33N7O3. The van der Waals surface area contributed by atoms with Crippen LogP contribution in [0.15, 0.2) is 18.2 Å². The molecule has 1 saturated heterocycles. The number of aromatic nitrogens is 4. The van der Waals surface area contributed by atoms with E-state index in [-0.39, 0.29) is 11.8 Å². The molecule has 2 aromatic rings. The molecule has 2 unspecified atom stereocenters. The van der Waals surface area contributed by atoms with Gasteiger partial charge in [-0.3, -0.25) is 9.69 Å². The van der Waals surface area contributed by atoms with Crippen LogP contribution in [0.5, 0.6) is 0 Å². The molecule has 1 aromatic heterocycles. The second kappa shape index (κ2) is 11.7. The highest BCUT2D eigenvalue weighted by Crippen LogP contribution is 2.24. The normalized spacial score (nSPS) is 17.1. The predicted molar refractivity (Wildman–Crippen MR) is 120 cm³/mol. The number of carboxylic acid groups (broad SMARTS) is 1. The van der Waals surface area contributed by atoms with Gasteiger partial charge in [0.2, 0.25) is 0 Å². The van der Waals surface area contributed by atoms with Gasteiger partial charge < -0.3 is 15.7 Å². The lowest BCUT2D eigenvalue weighted by Gasteiger charge is -2.37. The highest BCUT2D eigenvalue weighted by Gasteiger charge is 2.36.